The summed E-state index contributed by atoms with van der Waals surface area (Å²) in [7, 11) is 3.70. The van der Waals surface area contributed by atoms with Crippen LogP contribution in [0.3, 0.4) is 0 Å². The molecule has 0 unspecified atom stereocenters. The fourth-order valence-corrected chi connectivity index (χ4v) is 4.85. The Morgan fingerprint density at radius 3 is 2.60 bits per heavy atom. The Kier molecular flexibility index (Phi) is 9.74. The van der Waals surface area contributed by atoms with Gasteiger partial charge in [0.05, 0.1) is 26.2 Å². The number of ether oxygens (including phenoxy) is 2. The maximum absolute atomic E-state index is 13.5. The molecule has 0 fully saturated rings. The van der Waals surface area contributed by atoms with Crippen molar-refractivity contribution >= 4 is 17.5 Å². The van der Waals surface area contributed by atoms with Crippen molar-refractivity contribution in [2.24, 2.45) is 5.92 Å². The van der Waals surface area contributed by atoms with E-state index in [0.717, 1.165) is 17.9 Å². The van der Waals surface area contributed by atoms with E-state index >= 15 is 0 Å². The molecule has 9 heteroatoms. The first-order valence-corrected chi connectivity index (χ1v) is 13.5. The second-order valence-electron chi connectivity index (χ2n) is 10.4. The standard InChI is InChI=1S/C31H38N4O5/c1-21-17-35(22(2)20-36)30(37)16-25-15-26(33-31(38)24-11-13-32-14-12-24)7-10-28(25)40-29(21)19-34(3)18-23-5-8-27(39-4)9-6-23/h5-15,21-22,29,36H,16-20H2,1-4H3,(H,33,38)/t21-,22+,29-/m1/s1. The Hall–Kier alpha value is -3.95. The van der Waals surface area contributed by atoms with Gasteiger partial charge in [-0.05, 0) is 62.0 Å². The summed E-state index contributed by atoms with van der Waals surface area (Å²) in [5.74, 6) is 1.06. The van der Waals surface area contributed by atoms with Crippen molar-refractivity contribution in [1.29, 1.82) is 0 Å². The second kappa shape index (κ2) is 13.4. The molecule has 1 aromatic heterocycles. The minimum atomic E-state index is -0.330. The molecule has 9 nitrogen and oxygen atoms in total. The molecule has 0 aliphatic carbocycles. The lowest BCUT2D eigenvalue weighted by Gasteiger charge is -2.34. The minimum Gasteiger partial charge on any atom is -0.497 e. The van der Waals surface area contributed by atoms with Crippen molar-refractivity contribution < 1.29 is 24.2 Å². The molecular weight excluding hydrogens is 508 g/mol. The summed E-state index contributed by atoms with van der Waals surface area (Å²) < 4.78 is 11.9. The number of nitrogens with zero attached hydrogens (tertiary/aromatic N) is 3. The molecule has 0 spiro atoms. The van der Waals surface area contributed by atoms with Crippen molar-refractivity contribution in [3.63, 3.8) is 0 Å². The number of amides is 2. The summed E-state index contributed by atoms with van der Waals surface area (Å²) in [6.07, 6.45) is 3.00. The van der Waals surface area contributed by atoms with Gasteiger partial charge in [-0.1, -0.05) is 19.1 Å². The van der Waals surface area contributed by atoms with Crippen LogP contribution in [-0.2, 0) is 17.8 Å². The van der Waals surface area contributed by atoms with Gasteiger partial charge in [0.2, 0.25) is 5.91 Å². The minimum absolute atomic E-state index is 0.00622. The van der Waals surface area contributed by atoms with Crippen LogP contribution in [0.15, 0.2) is 67.0 Å². The van der Waals surface area contributed by atoms with Crippen molar-refractivity contribution in [1.82, 2.24) is 14.8 Å². The first-order chi connectivity index (χ1) is 19.3. The highest BCUT2D eigenvalue weighted by atomic mass is 16.5. The summed E-state index contributed by atoms with van der Waals surface area (Å²) in [5.41, 5.74) is 2.89. The highest BCUT2D eigenvalue weighted by Crippen LogP contribution is 2.29. The molecule has 212 valence electrons. The number of nitrogens with one attached hydrogen (secondary N) is 1. The highest BCUT2D eigenvalue weighted by molar-refractivity contribution is 6.04. The maximum Gasteiger partial charge on any atom is 0.255 e. The van der Waals surface area contributed by atoms with E-state index in [4.69, 9.17) is 9.47 Å². The van der Waals surface area contributed by atoms with Crippen molar-refractivity contribution in [3.8, 4) is 11.5 Å². The van der Waals surface area contributed by atoms with E-state index in [2.05, 4.69) is 22.1 Å². The summed E-state index contributed by atoms with van der Waals surface area (Å²) in [6, 6.07) is 16.3. The number of benzene rings is 2. The predicted octanol–water partition coefficient (Wildman–Crippen LogP) is 3.62. The number of anilines is 1. The molecular formula is C31H38N4O5. The predicted molar refractivity (Wildman–Crippen MR) is 154 cm³/mol. The van der Waals surface area contributed by atoms with Gasteiger partial charge in [0, 0.05) is 54.8 Å². The lowest BCUT2D eigenvalue weighted by molar-refractivity contribution is -0.134. The van der Waals surface area contributed by atoms with Crippen molar-refractivity contribution in [2.75, 3.05) is 39.2 Å². The third-order valence-corrected chi connectivity index (χ3v) is 7.22. The van der Waals surface area contributed by atoms with Gasteiger partial charge < -0.3 is 24.8 Å². The highest BCUT2D eigenvalue weighted by Gasteiger charge is 2.31. The lowest BCUT2D eigenvalue weighted by Crippen LogP contribution is -2.47. The van der Waals surface area contributed by atoms with E-state index in [9.17, 15) is 14.7 Å². The summed E-state index contributed by atoms with van der Waals surface area (Å²) in [6.45, 7) is 5.60. The summed E-state index contributed by atoms with van der Waals surface area (Å²) in [4.78, 5) is 34.1. The zero-order chi connectivity index (χ0) is 28.6. The van der Waals surface area contributed by atoms with Gasteiger partial charge in [0.25, 0.3) is 5.91 Å². The number of carbonyl (C=O) groups is 2. The van der Waals surface area contributed by atoms with Gasteiger partial charge in [-0.15, -0.1) is 0 Å². The van der Waals surface area contributed by atoms with E-state index in [1.165, 1.54) is 0 Å². The van der Waals surface area contributed by atoms with Crippen LogP contribution in [0.4, 0.5) is 5.69 Å². The SMILES string of the molecule is COc1ccc(CN(C)C[C@H]2Oc3ccc(NC(=O)c4ccncc4)cc3CC(=O)N([C@@H](C)CO)C[C@H]2C)cc1. The van der Waals surface area contributed by atoms with Crippen LogP contribution in [0.2, 0.25) is 0 Å². The number of rotatable bonds is 9. The number of likely N-dealkylation sites (N-methyl/N-ethyl adjacent to an activating group) is 1. The molecule has 2 N–H and O–H groups in total. The molecule has 40 heavy (non-hydrogen) atoms. The first kappa shape index (κ1) is 29.0. The van der Waals surface area contributed by atoms with Crippen molar-refractivity contribution in [2.45, 2.75) is 39.0 Å². The number of aliphatic hydroxyl groups excluding tert-OH is 1. The Balaban J connectivity index is 1.58. The number of pyridine rings is 1. The fraction of sp³-hybridized carbons (Fsp3) is 0.387. The quantitative estimate of drug-likeness (QED) is 0.423. The van der Waals surface area contributed by atoms with Crippen LogP contribution < -0.4 is 14.8 Å². The third kappa shape index (κ3) is 7.37. The van der Waals surface area contributed by atoms with Gasteiger partial charge in [-0.2, -0.15) is 0 Å². The molecule has 3 aromatic rings. The molecule has 0 saturated heterocycles. The molecule has 1 aliphatic heterocycles. The largest absolute Gasteiger partial charge is 0.497 e. The average molecular weight is 547 g/mol. The van der Waals surface area contributed by atoms with E-state index in [-0.39, 0.29) is 42.9 Å². The van der Waals surface area contributed by atoms with Crippen molar-refractivity contribution in [3.05, 3.63) is 83.7 Å². The number of hydrogen-bond donors (Lipinski definition) is 2. The molecule has 1 aliphatic rings. The fourth-order valence-electron chi connectivity index (χ4n) is 4.85. The van der Waals surface area contributed by atoms with Gasteiger partial charge >= 0.3 is 0 Å². The maximum atomic E-state index is 13.5. The van der Waals surface area contributed by atoms with Crippen LogP contribution in [0.25, 0.3) is 0 Å². The normalized spacial score (nSPS) is 18.1. The number of fused-ring (bicyclic) bond motifs is 1. The van der Waals surface area contributed by atoms with E-state index in [1.54, 1.807) is 48.7 Å². The molecule has 2 heterocycles. The number of methoxy groups -OCH3 is 1. The van der Waals surface area contributed by atoms with Gasteiger partial charge in [-0.3, -0.25) is 19.5 Å². The molecule has 3 atom stereocenters. The van der Waals surface area contributed by atoms with Crippen LogP contribution in [0, 0.1) is 5.92 Å². The zero-order valence-corrected chi connectivity index (χ0v) is 23.5. The van der Waals surface area contributed by atoms with E-state index in [1.807, 2.05) is 44.3 Å². The van der Waals surface area contributed by atoms with Gasteiger partial charge in [0.15, 0.2) is 0 Å². The van der Waals surface area contributed by atoms with Gasteiger partial charge in [0.1, 0.15) is 17.6 Å². The Labute approximate surface area is 235 Å². The Morgan fingerprint density at radius 1 is 1.20 bits per heavy atom. The number of aromatic nitrogens is 1. The molecule has 0 bridgehead atoms. The molecule has 2 amide bonds. The number of aliphatic hydroxyl groups is 1. The van der Waals surface area contributed by atoms with Crippen LogP contribution in [-0.4, -0.2) is 77.7 Å². The molecule has 0 radical (unpaired) electrons. The molecule has 4 rings (SSSR count). The smallest absolute Gasteiger partial charge is 0.255 e. The molecule has 0 saturated carbocycles. The lowest BCUT2D eigenvalue weighted by atomic mass is 10.0. The third-order valence-electron chi connectivity index (χ3n) is 7.22. The van der Waals surface area contributed by atoms with Crippen LogP contribution >= 0.6 is 0 Å². The van der Waals surface area contributed by atoms with Crippen LogP contribution in [0.1, 0.15) is 35.3 Å². The monoisotopic (exact) mass is 546 g/mol. The summed E-state index contributed by atoms with van der Waals surface area (Å²) >= 11 is 0. The Morgan fingerprint density at radius 2 is 1.93 bits per heavy atom. The van der Waals surface area contributed by atoms with Crippen LogP contribution in [0.5, 0.6) is 11.5 Å². The zero-order valence-electron chi connectivity index (χ0n) is 23.5. The topological polar surface area (TPSA) is 104 Å². The van der Waals surface area contributed by atoms with Gasteiger partial charge in [-0.25, -0.2) is 0 Å². The number of hydrogen-bond acceptors (Lipinski definition) is 7. The van der Waals surface area contributed by atoms with E-state index < -0.39 is 0 Å². The van der Waals surface area contributed by atoms with E-state index in [0.29, 0.717) is 35.7 Å². The Bertz CT molecular complexity index is 1280. The average Bonchev–Trinajstić information content (AvgIpc) is 3.01. The summed E-state index contributed by atoms with van der Waals surface area (Å²) in [5, 5.41) is 12.8. The second-order valence-corrected chi connectivity index (χ2v) is 10.4. The first-order valence-electron chi connectivity index (χ1n) is 13.5. The molecule has 2 aromatic carbocycles. The number of carbonyl (C=O) groups excluding carboxylic acids is 2.